The van der Waals surface area contributed by atoms with Crippen molar-refractivity contribution in [3.63, 3.8) is 0 Å². The molecule has 1 saturated carbocycles. The Bertz CT molecular complexity index is 757. The summed E-state index contributed by atoms with van der Waals surface area (Å²) in [6, 6.07) is 3.27. The molecule has 6 nitrogen and oxygen atoms in total. The number of carbonyl (C=O) groups is 2. The molecule has 0 unspecified atom stereocenters. The molecular weight excluding hydrogens is 351 g/mol. The number of carbonyl (C=O) groups excluding carboxylic acids is 2. The van der Waals surface area contributed by atoms with Gasteiger partial charge >= 0.3 is 0 Å². The van der Waals surface area contributed by atoms with E-state index in [2.05, 4.69) is 0 Å². The monoisotopic (exact) mass is 376 g/mol. The number of ether oxygens (including phenoxy) is 1. The van der Waals surface area contributed by atoms with Gasteiger partial charge in [0.25, 0.3) is 5.91 Å². The number of allylic oxidation sites excluding steroid dienone is 1. The molecule has 2 aliphatic rings. The van der Waals surface area contributed by atoms with E-state index in [4.69, 9.17) is 9.57 Å². The molecule has 0 saturated heterocycles. The first kappa shape index (κ1) is 19.4. The predicted octanol–water partition coefficient (Wildman–Crippen LogP) is 3.13. The van der Waals surface area contributed by atoms with Gasteiger partial charge in [-0.2, -0.15) is 0 Å². The van der Waals surface area contributed by atoms with Crippen LogP contribution in [0.25, 0.3) is 0 Å². The normalized spacial score (nSPS) is 22.2. The Morgan fingerprint density at radius 3 is 2.59 bits per heavy atom. The number of fused-ring (bicyclic) bond motifs is 1. The molecular formula is C20H25FN2O4. The summed E-state index contributed by atoms with van der Waals surface area (Å²) in [5.41, 5.74) is 0.760. The van der Waals surface area contributed by atoms with Gasteiger partial charge in [-0.05, 0) is 43.2 Å². The van der Waals surface area contributed by atoms with Crippen LogP contribution in [-0.2, 0) is 16.2 Å². The summed E-state index contributed by atoms with van der Waals surface area (Å²) in [6.45, 7) is 0.359. The molecule has 7 heteroatoms. The van der Waals surface area contributed by atoms with Gasteiger partial charge < -0.3 is 9.64 Å². The third kappa shape index (κ3) is 3.83. The summed E-state index contributed by atoms with van der Waals surface area (Å²) < 4.78 is 19.3. The summed E-state index contributed by atoms with van der Waals surface area (Å²) in [7, 11) is 4.49. The fraction of sp³-hybridized carbons (Fsp3) is 0.500. The van der Waals surface area contributed by atoms with Gasteiger partial charge in [-0.1, -0.05) is 12.1 Å². The van der Waals surface area contributed by atoms with Crippen molar-refractivity contribution in [3.05, 3.63) is 41.4 Å². The minimum atomic E-state index is -0.600. The quantitative estimate of drug-likeness (QED) is 0.741. The second kappa shape index (κ2) is 8.08. The predicted molar refractivity (Wildman–Crippen MR) is 97.2 cm³/mol. The molecule has 0 spiro atoms. The second-order valence-electron chi connectivity index (χ2n) is 7.02. The average molecular weight is 376 g/mol. The van der Waals surface area contributed by atoms with Crippen LogP contribution in [-0.4, -0.2) is 43.0 Å². The van der Waals surface area contributed by atoms with Crippen LogP contribution < -0.4 is 4.74 Å². The van der Waals surface area contributed by atoms with Gasteiger partial charge in [0.05, 0.1) is 26.3 Å². The molecule has 3 rings (SSSR count). The van der Waals surface area contributed by atoms with Crippen molar-refractivity contribution in [2.75, 3.05) is 21.3 Å². The van der Waals surface area contributed by atoms with Gasteiger partial charge in [0, 0.05) is 19.2 Å². The van der Waals surface area contributed by atoms with Crippen molar-refractivity contribution in [1.29, 1.82) is 0 Å². The highest BCUT2D eigenvalue weighted by Crippen LogP contribution is 2.33. The van der Waals surface area contributed by atoms with Crippen molar-refractivity contribution >= 4 is 11.8 Å². The lowest BCUT2D eigenvalue weighted by molar-refractivity contribution is -0.174. The lowest BCUT2D eigenvalue weighted by Gasteiger charge is -2.28. The van der Waals surface area contributed by atoms with E-state index >= 15 is 0 Å². The van der Waals surface area contributed by atoms with Gasteiger partial charge in [0.2, 0.25) is 5.91 Å². The van der Waals surface area contributed by atoms with Crippen molar-refractivity contribution in [1.82, 2.24) is 9.96 Å². The van der Waals surface area contributed by atoms with Crippen molar-refractivity contribution in [3.8, 4) is 5.75 Å². The molecule has 0 atom stereocenters. The van der Waals surface area contributed by atoms with Crippen molar-refractivity contribution in [2.24, 2.45) is 11.8 Å². The number of nitrogens with zero attached hydrogens (tertiary/aromatic N) is 2. The molecule has 0 radical (unpaired) electrons. The SMILES string of the molecule is COc1ccc2c(c1F)C(=O)N(C=CC1CCC(C(=O)N(C)OC)CC1)C2. The third-order valence-electron chi connectivity index (χ3n) is 5.47. The summed E-state index contributed by atoms with van der Waals surface area (Å²) in [5.74, 6) is -0.566. The number of hydrogen-bond acceptors (Lipinski definition) is 4. The maximum absolute atomic E-state index is 14.4. The van der Waals surface area contributed by atoms with E-state index in [0.29, 0.717) is 18.0 Å². The molecule has 1 heterocycles. The van der Waals surface area contributed by atoms with E-state index in [-0.39, 0.29) is 29.0 Å². The summed E-state index contributed by atoms with van der Waals surface area (Å²) in [6.07, 6.45) is 7.09. The van der Waals surface area contributed by atoms with E-state index < -0.39 is 5.82 Å². The van der Waals surface area contributed by atoms with Crippen LogP contribution in [0, 0.1) is 17.7 Å². The molecule has 27 heavy (non-hydrogen) atoms. The van der Waals surface area contributed by atoms with E-state index in [1.165, 1.54) is 24.2 Å². The topological polar surface area (TPSA) is 59.1 Å². The van der Waals surface area contributed by atoms with Gasteiger partial charge in [-0.15, -0.1) is 0 Å². The zero-order chi connectivity index (χ0) is 19.6. The Morgan fingerprint density at radius 1 is 1.26 bits per heavy atom. The van der Waals surface area contributed by atoms with E-state index in [1.807, 2.05) is 6.08 Å². The fourth-order valence-electron chi connectivity index (χ4n) is 3.77. The Labute approximate surface area is 158 Å². The molecule has 1 aliphatic carbocycles. The molecule has 1 fully saturated rings. The van der Waals surface area contributed by atoms with Gasteiger partial charge in [0.15, 0.2) is 11.6 Å². The Morgan fingerprint density at radius 2 is 1.96 bits per heavy atom. The number of rotatable bonds is 5. The van der Waals surface area contributed by atoms with Crippen molar-refractivity contribution in [2.45, 2.75) is 32.2 Å². The highest BCUT2D eigenvalue weighted by atomic mass is 19.1. The molecule has 1 aromatic rings. The Kier molecular flexibility index (Phi) is 5.79. The van der Waals surface area contributed by atoms with Crippen LogP contribution in [0.1, 0.15) is 41.6 Å². The molecule has 0 N–H and O–H groups in total. The lowest BCUT2D eigenvalue weighted by Crippen LogP contribution is -2.34. The first-order valence-electron chi connectivity index (χ1n) is 9.12. The van der Waals surface area contributed by atoms with Gasteiger partial charge in [-0.3, -0.25) is 14.4 Å². The minimum absolute atomic E-state index is 0.00882. The number of hydrogen-bond donors (Lipinski definition) is 0. The number of halogens is 1. The lowest BCUT2D eigenvalue weighted by atomic mass is 9.81. The summed E-state index contributed by atoms with van der Waals surface area (Å²) in [5, 5.41) is 1.28. The minimum Gasteiger partial charge on any atom is -0.494 e. The molecule has 0 aromatic heterocycles. The third-order valence-corrected chi connectivity index (χ3v) is 5.47. The Hall–Kier alpha value is -2.41. The smallest absolute Gasteiger partial charge is 0.261 e. The molecule has 0 bridgehead atoms. The number of amides is 2. The maximum atomic E-state index is 14.4. The zero-order valence-electron chi connectivity index (χ0n) is 15.9. The maximum Gasteiger partial charge on any atom is 0.261 e. The van der Waals surface area contributed by atoms with Crippen LogP contribution in [0.15, 0.2) is 24.4 Å². The van der Waals surface area contributed by atoms with Crippen LogP contribution in [0.4, 0.5) is 4.39 Å². The van der Waals surface area contributed by atoms with Crippen molar-refractivity contribution < 1.29 is 23.6 Å². The first-order valence-corrected chi connectivity index (χ1v) is 9.12. The molecule has 2 amide bonds. The van der Waals surface area contributed by atoms with Gasteiger partial charge in [0.1, 0.15) is 0 Å². The van der Waals surface area contributed by atoms with E-state index in [1.54, 1.807) is 25.4 Å². The molecule has 1 aromatic carbocycles. The number of methoxy groups -OCH3 is 1. The zero-order valence-corrected chi connectivity index (χ0v) is 15.9. The molecule has 1 aliphatic heterocycles. The highest BCUT2D eigenvalue weighted by molar-refractivity contribution is 5.99. The van der Waals surface area contributed by atoms with E-state index in [9.17, 15) is 14.0 Å². The van der Waals surface area contributed by atoms with E-state index in [0.717, 1.165) is 25.7 Å². The van der Waals surface area contributed by atoms with Crippen LogP contribution >= 0.6 is 0 Å². The Balaban J connectivity index is 1.59. The first-order chi connectivity index (χ1) is 13.0. The van der Waals surface area contributed by atoms with Crippen LogP contribution in [0.3, 0.4) is 0 Å². The number of hydroxylamine groups is 2. The average Bonchev–Trinajstić information content (AvgIpc) is 3.02. The largest absolute Gasteiger partial charge is 0.494 e. The standard InChI is InChI=1S/C20H25FN2O4/c1-22(27-3)19(24)14-6-4-13(5-7-14)10-11-23-12-15-8-9-16(26-2)18(21)17(15)20(23)25/h8-11,13-14H,4-7,12H2,1-3H3. The summed E-state index contributed by atoms with van der Waals surface area (Å²) >= 11 is 0. The van der Waals surface area contributed by atoms with Crippen LogP contribution in [0.5, 0.6) is 5.75 Å². The van der Waals surface area contributed by atoms with Gasteiger partial charge in [-0.25, -0.2) is 9.45 Å². The second-order valence-corrected chi connectivity index (χ2v) is 7.02. The highest BCUT2D eigenvalue weighted by Gasteiger charge is 2.32. The summed E-state index contributed by atoms with van der Waals surface area (Å²) in [4.78, 5) is 31.2. The fourth-order valence-corrected chi connectivity index (χ4v) is 3.77. The molecule has 146 valence electrons. The van der Waals surface area contributed by atoms with Crippen LogP contribution in [0.2, 0.25) is 0 Å². The number of benzene rings is 1.